The summed E-state index contributed by atoms with van der Waals surface area (Å²) in [6.07, 6.45) is 1.37. The van der Waals surface area contributed by atoms with Gasteiger partial charge in [-0.25, -0.2) is 0 Å². The molecule has 2 aromatic rings. The number of hydrogen-bond acceptors (Lipinski definition) is 3. The molecule has 5 heteroatoms. The van der Waals surface area contributed by atoms with E-state index >= 15 is 0 Å². The molecular weight excluding hydrogens is 388 g/mol. The number of ether oxygens (including phenoxy) is 1. The van der Waals surface area contributed by atoms with Gasteiger partial charge in [0.05, 0.1) is 0 Å². The molecule has 168 valence electrons. The summed E-state index contributed by atoms with van der Waals surface area (Å²) < 4.78 is 5.88. The van der Waals surface area contributed by atoms with Crippen molar-refractivity contribution in [2.75, 3.05) is 6.61 Å². The summed E-state index contributed by atoms with van der Waals surface area (Å²) in [6, 6.07) is 13.4. The Morgan fingerprint density at radius 1 is 1.00 bits per heavy atom. The Labute approximate surface area is 186 Å². The minimum Gasteiger partial charge on any atom is -0.483 e. The summed E-state index contributed by atoms with van der Waals surface area (Å²) in [7, 11) is 0. The van der Waals surface area contributed by atoms with Crippen molar-refractivity contribution in [3.8, 4) is 5.75 Å². The van der Waals surface area contributed by atoms with E-state index in [9.17, 15) is 9.59 Å². The van der Waals surface area contributed by atoms with Crippen LogP contribution < -0.4 is 10.1 Å². The molecule has 1 N–H and O–H groups in total. The smallest absolute Gasteiger partial charge is 0.261 e. The fourth-order valence-corrected chi connectivity index (χ4v) is 3.42. The van der Waals surface area contributed by atoms with Crippen molar-refractivity contribution in [3.05, 3.63) is 64.7 Å². The SMILES string of the molecule is CC[C@@H](C)NC(=O)[C@@H](CC)N(Cc1ccccc1C)C(=O)COc1cc(C)ccc1C. The number of aryl methyl sites for hydroxylation is 3. The van der Waals surface area contributed by atoms with Crippen molar-refractivity contribution in [1.29, 1.82) is 0 Å². The molecule has 0 bridgehead atoms. The van der Waals surface area contributed by atoms with Gasteiger partial charge in [0.1, 0.15) is 11.8 Å². The number of nitrogens with zero attached hydrogens (tertiary/aromatic N) is 1. The fraction of sp³-hybridized carbons (Fsp3) is 0.462. The lowest BCUT2D eigenvalue weighted by Crippen LogP contribution is -2.51. The Balaban J connectivity index is 2.26. The number of carbonyl (C=O) groups excluding carboxylic acids is 2. The maximum Gasteiger partial charge on any atom is 0.261 e. The first-order valence-electron chi connectivity index (χ1n) is 11.1. The summed E-state index contributed by atoms with van der Waals surface area (Å²) in [5.41, 5.74) is 4.17. The molecule has 31 heavy (non-hydrogen) atoms. The second-order valence-corrected chi connectivity index (χ2v) is 8.25. The molecule has 2 rings (SSSR count). The number of rotatable bonds is 10. The van der Waals surface area contributed by atoms with Gasteiger partial charge in [0, 0.05) is 12.6 Å². The third kappa shape index (κ3) is 6.84. The van der Waals surface area contributed by atoms with Crippen LogP contribution in [0.3, 0.4) is 0 Å². The Hall–Kier alpha value is -2.82. The zero-order valence-corrected chi connectivity index (χ0v) is 19.7. The molecule has 0 unspecified atom stereocenters. The molecule has 0 spiro atoms. The van der Waals surface area contributed by atoms with E-state index in [2.05, 4.69) is 5.32 Å². The van der Waals surface area contributed by atoms with Crippen molar-refractivity contribution in [1.82, 2.24) is 10.2 Å². The van der Waals surface area contributed by atoms with Crippen LogP contribution in [0.4, 0.5) is 0 Å². The van der Waals surface area contributed by atoms with Crippen LogP contribution in [0, 0.1) is 20.8 Å². The minimum absolute atomic E-state index is 0.0585. The van der Waals surface area contributed by atoms with Crippen molar-refractivity contribution in [2.45, 2.75) is 73.0 Å². The van der Waals surface area contributed by atoms with Crippen molar-refractivity contribution in [2.24, 2.45) is 0 Å². The summed E-state index contributed by atoms with van der Waals surface area (Å²) in [6.45, 7) is 12.2. The van der Waals surface area contributed by atoms with Crippen LogP contribution in [-0.2, 0) is 16.1 Å². The van der Waals surface area contributed by atoms with Crippen LogP contribution in [0.1, 0.15) is 55.9 Å². The molecule has 0 aliphatic rings. The Bertz CT molecular complexity index is 894. The van der Waals surface area contributed by atoms with Crippen LogP contribution in [0.5, 0.6) is 5.75 Å². The molecule has 2 amide bonds. The van der Waals surface area contributed by atoms with E-state index in [1.54, 1.807) is 4.90 Å². The molecule has 0 fully saturated rings. The molecule has 0 saturated heterocycles. The van der Waals surface area contributed by atoms with E-state index < -0.39 is 6.04 Å². The summed E-state index contributed by atoms with van der Waals surface area (Å²) in [4.78, 5) is 28.0. The number of hydrogen-bond donors (Lipinski definition) is 1. The van der Waals surface area contributed by atoms with Crippen molar-refractivity contribution in [3.63, 3.8) is 0 Å². The van der Waals surface area contributed by atoms with E-state index in [0.717, 1.165) is 28.7 Å². The highest BCUT2D eigenvalue weighted by atomic mass is 16.5. The number of amides is 2. The van der Waals surface area contributed by atoms with E-state index in [-0.39, 0.29) is 24.5 Å². The summed E-state index contributed by atoms with van der Waals surface area (Å²) >= 11 is 0. The Morgan fingerprint density at radius 2 is 1.71 bits per heavy atom. The lowest BCUT2D eigenvalue weighted by molar-refractivity contribution is -0.143. The quantitative estimate of drug-likeness (QED) is 0.601. The monoisotopic (exact) mass is 424 g/mol. The molecule has 0 aliphatic heterocycles. The van der Waals surface area contributed by atoms with Gasteiger partial charge in [0.15, 0.2) is 6.61 Å². The summed E-state index contributed by atoms with van der Waals surface area (Å²) in [5.74, 6) is 0.377. The molecule has 0 aliphatic carbocycles. The van der Waals surface area contributed by atoms with E-state index in [1.807, 2.05) is 84.0 Å². The van der Waals surface area contributed by atoms with Crippen molar-refractivity contribution < 1.29 is 14.3 Å². The third-order valence-electron chi connectivity index (χ3n) is 5.68. The van der Waals surface area contributed by atoms with Gasteiger partial charge >= 0.3 is 0 Å². The van der Waals surface area contributed by atoms with Gasteiger partial charge in [-0.05, 0) is 68.9 Å². The maximum absolute atomic E-state index is 13.3. The van der Waals surface area contributed by atoms with E-state index in [0.29, 0.717) is 18.7 Å². The Kier molecular flexibility index (Phi) is 9.10. The van der Waals surface area contributed by atoms with Crippen LogP contribution in [0.25, 0.3) is 0 Å². The average Bonchev–Trinajstić information content (AvgIpc) is 2.75. The van der Waals surface area contributed by atoms with Crippen LogP contribution in [0.2, 0.25) is 0 Å². The van der Waals surface area contributed by atoms with Gasteiger partial charge in [-0.1, -0.05) is 50.2 Å². The van der Waals surface area contributed by atoms with Gasteiger partial charge < -0.3 is 15.0 Å². The lowest BCUT2D eigenvalue weighted by atomic mass is 10.1. The molecule has 0 heterocycles. The highest BCUT2D eigenvalue weighted by Crippen LogP contribution is 2.20. The predicted molar refractivity (Wildman–Crippen MR) is 125 cm³/mol. The third-order valence-corrected chi connectivity index (χ3v) is 5.68. The zero-order chi connectivity index (χ0) is 23.0. The average molecular weight is 425 g/mol. The van der Waals surface area contributed by atoms with Gasteiger partial charge in [-0.3, -0.25) is 9.59 Å². The first kappa shape index (κ1) is 24.4. The summed E-state index contributed by atoms with van der Waals surface area (Å²) in [5, 5.41) is 3.03. The predicted octanol–water partition coefficient (Wildman–Crippen LogP) is 4.71. The molecule has 0 aromatic heterocycles. The fourth-order valence-electron chi connectivity index (χ4n) is 3.42. The van der Waals surface area contributed by atoms with Gasteiger partial charge in [0.25, 0.3) is 5.91 Å². The van der Waals surface area contributed by atoms with Crippen LogP contribution >= 0.6 is 0 Å². The first-order chi connectivity index (χ1) is 14.8. The second kappa shape index (κ2) is 11.5. The van der Waals surface area contributed by atoms with Gasteiger partial charge in [-0.15, -0.1) is 0 Å². The zero-order valence-electron chi connectivity index (χ0n) is 19.7. The molecule has 0 radical (unpaired) electrons. The highest BCUT2D eigenvalue weighted by Gasteiger charge is 2.29. The Morgan fingerprint density at radius 3 is 2.35 bits per heavy atom. The normalized spacial score (nSPS) is 12.7. The molecular formula is C26H36N2O3. The largest absolute Gasteiger partial charge is 0.483 e. The molecule has 2 aromatic carbocycles. The standard InChI is InChI=1S/C26H36N2O3/c1-7-21(6)27-26(30)23(8-2)28(16-22-12-10-9-11-19(22)4)25(29)17-31-24-15-18(3)13-14-20(24)5/h9-15,21,23H,7-8,16-17H2,1-6H3,(H,27,30)/t21-,23-/m1/s1. The number of carbonyl (C=O) groups is 2. The first-order valence-corrected chi connectivity index (χ1v) is 11.1. The lowest BCUT2D eigenvalue weighted by Gasteiger charge is -2.32. The van der Waals surface area contributed by atoms with Crippen molar-refractivity contribution >= 4 is 11.8 Å². The maximum atomic E-state index is 13.3. The van der Waals surface area contributed by atoms with E-state index in [1.165, 1.54) is 0 Å². The van der Waals surface area contributed by atoms with Gasteiger partial charge in [0.2, 0.25) is 5.91 Å². The molecule has 2 atom stereocenters. The van der Waals surface area contributed by atoms with Crippen LogP contribution in [-0.4, -0.2) is 35.4 Å². The van der Waals surface area contributed by atoms with Gasteiger partial charge in [-0.2, -0.15) is 0 Å². The van der Waals surface area contributed by atoms with E-state index in [4.69, 9.17) is 4.74 Å². The molecule has 5 nitrogen and oxygen atoms in total. The number of benzene rings is 2. The van der Waals surface area contributed by atoms with Crippen LogP contribution in [0.15, 0.2) is 42.5 Å². The topological polar surface area (TPSA) is 58.6 Å². The molecule has 0 saturated carbocycles. The second-order valence-electron chi connectivity index (χ2n) is 8.25. The number of nitrogens with one attached hydrogen (secondary N) is 1. The highest BCUT2D eigenvalue weighted by molar-refractivity contribution is 5.88. The minimum atomic E-state index is -0.552.